The van der Waals surface area contributed by atoms with Crippen molar-refractivity contribution in [1.82, 2.24) is 14.5 Å². The summed E-state index contributed by atoms with van der Waals surface area (Å²) < 4.78 is 29.3. The highest BCUT2D eigenvalue weighted by molar-refractivity contribution is 5.98. The molecule has 9 aromatic rings. The lowest BCUT2D eigenvalue weighted by Crippen LogP contribution is -2.17. The van der Waals surface area contributed by atoms with Gasteiger partial charge in [0.05, 0.1) is 28.0 Å². The normalized spacial score (nSPS) is 13.3. The Morgan fingerprint density at radius 1 is 0.471 bits per heavy atom. The molecule has 354 valence electrons. The van der Waals surface area contributed by atoms with Crippen LogP contribution in [0.15, 0.2) is 158 Å². The predicted octanol–water partition coefficient (Wildman–Crippen LogP) is 17.9. The second-order valence-electron chi connectivity index (χ2n) is 23.3. The van der Waals surface area contributed by atoms with E-state index in [4.69, 9.17) is 14.1 Å². The third kappa shape index (κ3) is 9.37. The third-order valence-corrected chi connectivity index (χ3v) is 13.7. The van der Waals surface area contributed by atoms with Gasteiger partial charge in [-0.15, -0.1) is 0 Å². The van der Waals surface area contributed by atoms with Gasteiger partial charge >= 0.3 is 0 Å². The smallest absolute Gasteiger partial charge is 0.149 e. The summed E-state index contributed by atoms with van der Waals surface area (Å²) in [5, 5.41) is 12.8. The molecule has 0 atom stereocenters. The van der Waals surface area contributed by atoms with Crippen LogP contribution in [-0.2, 0) is 21.7 Å². The van der Waals surface area contributed by atoms with E-state index >= 15 is 0 Å². The van der Waals surface area contributed by atoms with E-state index in [0.717, 1.165) is 78.0 Å². The van der Waals surface area contributed by atoms with E-state index in [1.165, 1.54) is 11.1 Å². The molecular formula is C66H69N3O. The van der Waals surface area contributed by atoms with Crippen LogP contribution in [0.1, 0.15) is 121 Å². The lowest BCUT2D eigenvalue weighted by atomic mass is 9.78. The Morgan fingerprint density at radius 3 is 1.74 bits per heavy atom. The van der Waals surface area contributed by atoms with Crippen LogP contribution in [0.4, 0.5) is 0 Å². The van der Waals surface area contributed by atoms with E-state index in [2.05, 4.69) is 234 Å². The summed E-state index contributed by atoms with van der Waals surface area (Å²) in [5.74, 6) is 0.654. The second-order valence-corrected chi connectivity index (χ2v) is 23.3. The molecule has 0 aliphatic carbocycles. The number of aryl methyl sites for hydroxylation is 2. The number of imidazole rings is 1. The third-order valence-electron chi connectivity index (χ3n) is 13.7. The van der Waals surface area contributed by atoms with Crippen LogP contribution in [0, 0.1) is 13.8 Å². The van der Waals surface area contributed by atoms with Crippen LogP contribution in [0.3, 0.4) is 0 Å². The Morgan fingerprint density at radius 2 is 1.10 bits per heavy atom. The van der Waals surface area contributed by atoms with Gasteiger partial charge in [-0.2, -0.15) is 0 Å². The highest BCUT2D eigenvalue weighted by atomic mass is 16.3. The Balaban J connectivity index is 1.41. The average Bonchev–Trinajstić information content (AvgIpc) is 3.72. The standard InChI is InChI=1S/C66H69N3O/c1-41-23-25-44(26-24-41)46-31-32-67-57(37-46)49-35-47(43-19-16-15-17-20-43)34-48(36-49)52-21-18-22-58-60(52)68-62(54-38-51(64(6,7)8)39-56(61(54)70)66(12,13)14)69(58)59-33-42(2)55(65(9,10)11)40-53(59)45-27-29-50(30-28-45)63(3,4)5/h15-40,70H,1-14H3/i2D3. The molecule has 0 fully saturated rings. The van der Waals surface area contributed by atoms with Gasteiger partial charge in [0.25, 0.3) is 0 Å². The summed E-state index contributed by atoms with van der Waals surface area (Å²) in [5.41, 5.74) is 16.4. The molecule has 0 aliphatic heterocycles. The molecule has 0 saturated heterocycles. The zero-order chi connectivity index (χ0) is 52.6. The van der Waals surface area contributed by atoms with Crippen LogP contribution in [0.25, 0.3) is 83.9 Å². The molecule has 0 unspecified atom stereocenters. The van der Waals surface area contributed by atoms with Crippen molar-refractivity contribution < 1.29 is 9.22 Å². The van der Waals surface area contributed by atoms with Crippen LogP contribution < -0.4 is 0 Å². The van der Waals surface area contributed by atoms with Gasteiger partial charge in [-0.05, 0) is 146 Å². The van der Waals surface area contributed by atoms with Gasteiger partial charge in [0.2, 0.25) is 0 Å². The number of para-hydroxylation sites is 1. The number of benzene rings is 7. The Bertz CT molecular complexity index is 3520. The Kier molecular flexibility index (Phi) is 11.2. The number of hydrogen-bond acceptors (Lipinski definition) is 3. The van der Waals surface area contributed by atoms with Gasteiger partial charge in [-0.25, -0.2) is 4.98 Å². The predicted molar refractivity (Wildman–Crippen MR) is 297 cm³/mol. The number of hydrogen-bond donors (Lipinski definition) is 1. The first-order valence-electron chi connectivity index (χ1n) is 26.1. The molecule has 7 aromatic carbocycles. The summed E-state index contributed by atoms with van der Waals surface area (Å²) in [7, 11) is 0. The lowest BCUT2D eigenvalue weighted by molar-refractivity contribution is 0.446. The Hall–Kier alpha value is -7.04. The zero-order valence-corrected chi connectivity index (χ0v) is 43.3. The topological polar surface area (TPSA) is 50.9 Å². The minimum atomic E-state index is -2.44. The van der Waals surface area contributed by atoms with Crippen molar-refractivity contribution in [2.24, 2.45) is 0 Å². The fourth-order valence-electron chi connectivity index (χ4n) is 9.58. The number of aromatic hydroxyl groups is 1. The molecule has 2 heterocycles. The number of phenolic OH excluding ortho intramolecular Hbond substituents is 1. The molecule has 1 N–H and O–H groups in total. The largest absolute Gasteiger partial charge is 0.507 e. The summed E-state index contributed by atoms with van der Waals surface area (Å²) in [6, 6.07) is 52.9. The van der Waals surface area contributed by atoms with Crippen molar-refractivity contribution in [2.45, 2.75) is 119 Å². The van der Waals surface area contributed by atoms with E-state index in [1.54, 1.807) is 0 Å². The monoisotopic (exact) mass is 923 g/mol. The van der Waals surface area contributed by atoms with Crippen LogP contribution in [0.2, 0.25) is 0 Å². The lowest BCUT2D eigenvalue weighted by Gasteiger charge is -2.28. The minimum absolute atomic E-state index is 0.0782. The van der Waals surface area contributed by atoms with Gasteiger partial charge in [-0.3, -0.25) is 9.55 Å². The molecule has 0 amide bonds. The number of nitrogens with zero attached hydrogens (tertiary/aromatic N) is 3. The highest BCUT2D eigenvalue weighted by Gasteiger charge is 2.30. The molecule has 0 saturated carbocycles. The molecule has 4 nitrogen and oxygen atoms in total. The van der Waals surface area contributed by atoms with E-state index in [0.29, 0.717) is 22.6 Å². The zero-order valence-electron chi connectivity index (χ0n) is 46.3. The van der Waals surface area contributed by atoms with Crippen LogP contribution in [0.5, 0.6) is 5.75 Å². The minimum Gasteiger partial charge on any atom is -0.507 e. The maximum atomic E-state index is 12.8. The van der Waals surface area contributed by atoms with E-state index in [-0.39, 0.29) is 22.1 Å². The fourth-order valence-corrected chi connectivity index (χ4v) is 9.58. The van der Waals surface area contributed by atoms with Gasteiger partial charge < -0.3 is 5.11 Å². The summed E-state index contributed by atoms with van der Waals surface area (Å²) in [6.45, 7) is 25.4. The van der Waals surface area contributed by atoms with Gasteiger partial charge in [-0.1, -0.05) is 186 Å². The van der Waals surface area contributed by atoms with Crippen molar-refractivity contribution >= 4 is 11.0 Å². The van der Waals surface area contributed by atoms with Crippen molar-refractivity contribution in [3.63, 3.8) is 0 Å². The van der Waals surface area contributed by atoms with E-state index in [1.807, 2.05) is 18.3 Å². The molecular weight excluding hydrogens is 851 g/mol. The molecule has 0 radical (unpaired) electrons. The van der Waals surface area contributed by atoms with Crippen molar-refractivity contribution in [3.05, 3.63) is 191 Å². The van der Waals surface area contributed by atoms with E-state index in [9.17, 15) is 5.11 Å². The van der Waals surface area contributed by atoms with Crippen molar-refractivity contribution in [2.75, 3.05) is 0 Å². The number of rotatable bonds is 7. The maximum Gasteiger partial charge on any atom is 0.149 e. The molecule has 70 heavy (non-hydrogen) atoms. The summed E-state index contributed by atoms with van der Waals surface area (Å²) in [6.07, 6.45) is 1.88. The first kappa shape index (κ1) is 44.2. The van der Waals surface area contributed by atoms with Crippen molar-refractivity contribution in [3.8, 4) is 78.6 Å². The average molecular weight is 923 g/mol. The Labute approximate surface area is 421 Å². The number of pyridine rings is 1. The van der Waals surface area contributed by atoms with Crippen LogP contribution in [-0.4, -0.2) is 19.6 Å². The molecule has 0 bridgehead atoms. The van der Waals surface area contributed by atoms with Crippen molar-refractivity contribution in [1.29, 1.82) is 0 Å². The van der Waals surface area contributed by atoms with Gasteiger partial charge in [0.15, 0.2) is 0 Å². The quantitative estimate of drug-likeness (QED) is 0.173. The summed E-state index contributed by atoms with van der Waals surface area (Å²) in [4.78, 5) is 10.7. The van der Waals surface area contributed by atoms with Gasteiger partial charge in [0, 0.05) is 32.6 Å². The van der Waals surface area contributed by atoms with Crippen LogP contribution >= 0.6 is 0 Å². The number of phenols is 1. The SMILES string of the molecule is [2H]C([2H])([2H])c1cc(-n2c(-c3cc(C(C)(C)C)cc(C(C)(C)C)c3O)nc3c(-c4cc(-c5ccccc5)cc(-c5cc(-c6ccc(C)cc6)ccn5)c4)cccc32)c(-c2ccc(C(C)(C)C)cc2)cc1C(C)(C)C. The molecule has 0 spiro atoms. The highest BCUT2D eigenvalue weighted by Crippen LogP contribution is 2.47. The second kappa shape index (κ2) is 17.7. The molecule has 9 rings (SSSR count). The van der Waals surface area contributed by atoms with Gasteiger partial charge in [0.1, 0.15) is 11.6 Å². The molecule has 2 aromatic heterocycles. The summed E-state index contributed by atoms with van der Waals surface area (Å²) >= 11 is 0. The van der Waals surface area contributed by atoms with E-state index < -0.39 is 17.7 Å². The maximum absolute atomic E-state index is 12.8. The molecule has 4 heteroatoms. The first-order valence-corrected chi connectivity index (χ1v) is 24.6. The first-order chi connectivity index (χ1) is 34.2. The fraction of sp³-hybridized carbons (Fsp3) is 0.273. The number of aromatic nitrogens is 3. The molecule has 0 aliphatic rings. The number of fused-ring (bicyclic) bond motifs is 1.